The van der Waals surface area contributed by atoms with E-state index >= 15 is 0 Å². The molecule has 0 saturated carbocycles. The number of carboxylic acids is 1. The minimum atomic E-state index is -1.12. The van der Waals surface area contributed by atoms with Crippen molar-refractivity contribution in [3.63, 3.8) is 0 Å². The maximum atomic E-state index is 12.4. The highest BCUT2D eigenvalue weighted by Gasteiger charge is 2.33. The van der Waals surface area contributed by atoms with E-state index in [4.69, 9.17) is 33.7 Å². The number of thioether (sulfide) groups is 1. The van der Waals surface area contributed by atoms with Gasteiger partial charge in [0.2, 0.25) is 0 Å². The predicted octanol–water partition coefficient (Wildman–Crippen LogP) is 5.73. The van der Waals surface area contributed by atoms with Gasteiger partial charge >= 0.3 is 5.97 Å². The van der Waals surface area contributed by atoms with Crippen molar-refractivity contribution in [1.29, 1.82) is 0 Å². The molecule has 29 heavy (non-hydrogen) atoms. The van der Waals surface area contributed by atoms with E-state index in [1.165, 1.54) is 0 Å². The molecule has 1 amide bonds. The summed E-state index contributed by atoms with van der Waals surface area (Å²) in [4.78, 5) is 24.7. The van der Waals surface area contributed by atoms with Crippen LogP contribution >= 0.6 is 67.4 Å². The molecule has 3 rings (SSSR count). The highest BCUT2D eigenvalue weighted by Crippen LogP contribution is 2.38. The van der Waals surface area contributed by atoms with Crippen LogP contribution in [0.15, 0.2) is 50.2 Å². The van der Waals surface area contributed by atoms with Gasteiger partial charge in [0.15, 0.2) is 0 Å². The lowest BCUT2D eigenvalue weighted by atomic mass is 10.2. The second-order valence-electron chi connectivity index (χ2n) is 5.86. The van der Waals surface area contributed by atoms with Crippen molar-refractivity contribution in [2.75, 3.05) is 6.54 Å². The van der Waals surface area contributed by atoms with Gasteiger partial charge in [0, 0.05) is 10.6 Å². The third kappa shape index (κ3) is 5.40. The molecule has 0 aliphatic carbocycles. The Morgan fingerprint density at radius 3 is 2.55 bits per heavy atom. The van der Waals surface area contributed by atoms with Crippen LogP contribution in [-0.2, 0) is 16.2 Å². The fourth-order valence-electron chi connectivity index (χ4n) is 2.49. The van der Waals surface area contributed by atoms with Crippen molar-refractivity contribution >= 4 is 89.7 Å². The molecule has 2 aromatic rings. The molecule has 0 bridgehead atoms. The monoisotopic (exact) mass is 575 g/mol. The summed E-state index contributed by atoms with van der Waals surface area (Å²) in [7, 11) is 0. The summed E-state index contributed by atoms with van der Waals surface area (Å²) >= 11 is 19.3. The van der Waals surface area contributed by atoms with Crippen molar-refractivity contribution in [2.24, 2.45) is 0 Å². The zero-order valence-corrected chi connectivity index (χ0v) is 20.1. The third-order valence-corrected chi connectivity index (χ3v) is 6.74. The Morgan fingerprint density at radius 2 is 1.93 bits per heavy atom. The Kier molecular flexibility index (Phi) is 7.39. The zero-order valence-electron chi connectivity index (χ0n) is 14.5. The standard InChI is InChI=1S/C19H12Br2ClNO4S2/c20-12-5-10(7-15-18(26)23(8-16(24)25)19(28)29-15)6-13(21)17(12)27-9-11-3-1-2-4-14(11)22/h1-7H,8-9H2,(H,24,25)/b15-7-. The van der Waals surface area contributed by atoms with E-state index in [0.717, 1.165) is 27.8 Å². The Hall–Kier alpha value is -1.39. The Bertz CT molecular complexity index is 1020. The SMILES string of the molecule is O=C(O)CN1C(=O)/C(=C/c2cc(Br)c(OCc3ccccc3Cl)c(Br)c2)SC1=S. The molecule has 5 nitrogen and oxygen atoms in total. The van der Waals surface area contributed by atoms with Gasteiger partial charge < -0.3 is 9.84 Å². The number of rotatable bonds is 6. The minimum Gasteiger partial charge on any atom is -0.486 e. The molecule has 1 heterocycles. The van der Waals surface area contributed by atoms with Crippen LogP contribution in [0.25, 0.3) is 6.08 Å². The van der Waals surface area contributed by atoms with Gasteiger partial charge in [-0.25, -0.2) is 0 Å². The number of thiocarbonyl (C=S) groups is 1. The van der Waals surface area contributed by atoms with Gasteiger partial charge in [-0.3, -0.25) is 14.5 Å². The number of aliphatic carboxylic acids is 1. The van der Waals surface area contributed by atoms with Crippen molar-refractivity contribution in [3.05, 3.63) is 66.4 Å². The van der Waals surface area contributed by atoms with Gasteiger partial charge in [-0.15, -0.1) is 0 Å². The van der Waals surface area contributed by atoms with Gasteiger partial charge in [0.1, 0.15) is 23.2 Å². The highest BCUT2D eigenvalue weighted by atomic mass is 79.9. The van der Waals surface area contributed by atoms with Crippen molar-refractivity contribution in [1.82, 2.24) is 4.90 Å². The maximum Gasteiger partial charge on any atom is 0.323 e. The maximum absolute atomic E-state index is 12.4. The molecule has 0 radical (unpaired) electrons. The first-order valence-electron chi connectivity index (χ1n) is 8.08. The molecule has 0 aromatic heterocycles. The lowest BCUT2D eigenvalue weighted by Gasteiger charge is -2.12. The van der Waals surface area contributed by atoms with Crippen molar-refractivity contribution < 1.29 is 19.4 Å². The molecule has 1 aliphatic heterocycles. The number of halogens is 3. The lowest BCUT2D eigenvalue weighted by molar-refractivity contribution is -0.140. The van der Waals surface area contributed by atoms with Gasteiger partial charge in [0.05, 0.1) is 13.9 Å². The van der Waals surface area contributed by atoms with E-state index < -0.39 is 18.4 Å². The van der Waals surface area contributed by atoms with E-state index in [0.29, 0.717) is 31.2 Å². The first-order valence-corrected chi connectivity index (χ1v) is 11.3. The Morgan fingerprint density at radius 1 is 1.28 bits per heavy atom. The average molecular weight is 578 g/mol. The number of nitrogens with zero attached hydrogens (tertiary/aromatic N) is 1. The summed E-state index contributed by atoms with van der Waals surface area (Å²) < 4.78 is 7.49. The van der Waals surface area contributed by atoms with Crippen LogP contribution in [0.1, 0.15) is 11.1 Å². The fourth-order valence-corrected chi connectivity index (χ4v) is 5.39. The number of carbonyl (C=O) groups is 2. The zero-order chi connectivity index (χ0) is 21.1. The van der Waals surface area contributed by atoms with E-state index in [-0.39, 0.29) is 4.32 Å². The average Bonchev–Trinajstić information content (AvgIpc) is 2.89. The molecular weight excluding hydrogens is 566 g/mol. The summed E-state index contributed by atoms with van der Waals surface area (Å²) in [6.07, 6.45) is 1.66. The van der Waals surface area contributed by atoms with Crippen molar-refractivity contribution in [2.45, 2.75) is 6.61 Å². The minimum absolute atomic E-state index is 0.224. The smallest absolute Gasteiger partial charge is 0.323 e. The van der Waals surface area contributed by atoms with Gasteiger partial charge in [-0.05, 0) is 61.7 Å². The van der Waals surface area contributed by atoms with Crippen LogP contribution in [0, 0.1) is 0 Å². The Labute approximate surface area is 198 Å². The van der Waals surface area contributed by atoms with E-state index in [9.17, 15) is 9.59 Å². The lowest BCUT2D eigenvalue weighted by Crippen LogP contribution is -2.33. The number of hydrogen-bond acceptors (Lipinski definition) is 5. The first kappa shape index (κ1) is 22.3. The van der Waals surface area contributed by atoms with Crippen LogP contribution in [0.5, 0.6) is 5.75 Å². The molecule has 1 N–H and O–H groups in total. The van der Waals surface area contributed by atoms with Crippen LogP contribution in [-0.4, -0.2) is 32.7 Å². The van der Waals surface area contributed by atoms with Crippen molar-refractivity contribution in [3.8, 4) is 5.75 Å². The number of benzene rings is 2. The molecule has 150 valence electrons. The van der Waals surface area contributed by atoms with Gasteiger partial charge in [-0.1, -0.05) is 53.8 Å². The molecule has 1 saturated heterocycles. The van der Waals surface area contributed by atoms with Crippen LogP contribution < -0.4 is 4.74 Å². The molecule has 0 unspecified atom stereocenters. The number of carboxylic acid groups (broad SMARTS) is 1. The normalized spacial score (nSPS) is 15.3. The summed E-state index contributed by atoms with van der Waals surface area (Å²) in [6, 6.07) is 11.0. The molecule has 0 spiro atoms. The highest BCUT2D eigenvalue weighted by molar-refractivity contribution is 9.11. The molecule has 1 fully saturated rings. The van der Waals surface area contributed by atoms with Gasteiger partial charge in [0.25, 0.3) is 5.91 Å². The van der Waals surface area contributed by atoms with Crippen LogP contribution in [0.4, 0.5) is 0 Å². The largest absolute Gasteiger partial charge is 0.486 e. The number of ether oxygens (including phenoxy) is 1. The molecule has 10 heteroatoms. The number of hydrogen-bond donors (Lipinski definition) is 1. The topological polar surface area (TPSA) is 66.8 Å². The molecule has 1 aliphatic rings. The first-order chi connectivity index (χ1) is 13.8. The predicted molar refractivity (Wildman–Crippen MR) is 125 cm³/mol. The molecular formula is C19H12Br2ClNO4S2. The number of carbonyl (C=O) groups excluding carboxylic acids is 1. The second kappa shape index (κ2) is 9.61. The fraction of sp³-hybridized carbons (Fsp3) is 0.105. The second-order valence-corrected chi connectivity index (χ2v) is 9.65. The summed E-state index contributed by atoms with van der Waals surface area (Å²) in [5.74, 6) is -0.942. The quantitative estimate of drug-likeness (QED) is 0.350. The van der Waals surface area contributed by atoms with E-state index in [1.54, 1.807) is 24.3 Å². The summed E-state index contributed by atoms with van der Waals surface area (Å²) in [5.41, 5.74) is 1.59. The van der Waals surface area contributed by atoms with E-state index in [1.807, 2.05) is 18.2 Å². The van der Waals surface area contributed by atoms with Gasteiger partial charge in [-0.2, -0.15) is 0 Å². The molecule has 2 aromatic carbocycles. The molecule has 0 atom stereocenters. The summed E-state index contributed by atoms with van der Waals surface area (Å²) in [6.45, 7) is -0.158. The summed E-state index contributed by atoms with van der Waals surface area (Å²) in [5, 5.41) is 9.55. The third-order valence-electron chi connectivity index (χ3n) is 3.82. The number of amides is 1. The Balaban J connectivity index is 1.80. The van der Waals surface area contributed by atoms with Crippen LogP contribution in [0.2, 0.25) is 5.02 Å². The van der Waals surface area contributed by atoms with E-state index in [2.05, 4.69) is 31.9 Å². The van der Waals surface area contributed by atoms with Crippen LogP contribution in [0.3, 0.4) is 0 Å².